The fourth-order valence-electron chi connectivity index (χ4n) is 2.23. The van der Waals surface area contributed by atoms with Gasteiger partial charge in [-0.3, -0.25) is 0 Å². The molecule has 0 spiro atoms. The minimum absolute atomic E-state index is 0.721. The third kappa shape index (κ3) is 3.83. The van der Waals surface area contributed by atoms with E-state index in [4.69, 9.17) is 11.2 Å². The molecule has 164 valence electrons. The van der Waals surface area contributed by atoms with Gasteiger partial charge in [0.1, 0.15) is 0 Å². The van der Waals surface area contributed by atoms with Crippen molar-refractivity contribution in [2.24, 2.45) is 0 Å². The molecular weight excluding hydrogens is 459 g/mol. The Bertz CT molecular complexity index is 540. The van der Waals surface area contributed by atoms with Gasteiger partial charge in [0.2, 0.25) is 0 Å². The van der Waals surface area contributed by atoms with Crippen LogP contribution in [0.3, 0.4) is 0 Å². The Labute approximate surface area is 149 Å². The molecule has 0 aromatic carbocycles. The van der Waals surface area contributed by atoms with Gasteiger partial charge in [-0.05, 0) is 0 Å². The summed E-state index contributed by atoms with van der Waals surface area (Å²) in [5.41, 5.74) is -5.05. The van der Waals surface area contributed by atoms with Crippen LogP contribution in [0.15, 0.2) is 0 Å². The molecule has 0 N–H and O–H groups in total. The van der Waals surface area contributed by atoms with E-state index in [0.717, 1.165) is 20.8 Å². The predicted molar refractivity (Wildman–Crippen MR) is 70.3 cm³/mol. The quantitative estimate of drug-likeness (QED) is 0.329. The molecule has 0 aromatic heterocycles. The molecule has 1 saturated heterocycles. The van der Waals surface area contributed by atoms with E-state index in [1.807, 2.05) is 0 Å². The molecule has 0 aromatic rings. The maximum atomic E-state index is 13.0. The van der Waals surface area contributed by atoms with E-state index in [0.29, 0.717) is 0 Å². The zero-order valence-corrected chi connectivity index (χ0v) is 15.1. The zero-order valence-electron chi connectivity index (χ0n) is 13.5. The van der Waals surface area contributed by atoms with Gasteiger partial charge in [0, 0.05) is 0 Å². The van der Waals surface area contributed by atoms with Crippen molar-refractivity contribution in [3.63, 3.8) is 0 Å². The molecule has 0 atom stereocenters. The van der Waals surface area contributed by atoms with Gasteiger partial charge in [-0.1, -0.05) is 0 Å². The molecule has 0 aliphatic carbocycles. The number of hydrogen-bond donors (Lipinski definition) is 0. The Kier molecular flexibility index (Phi) is 5.44. The van der Waals surface area contributed by atoms with Gasteiger partial charge in [-0.15, -0.1) is 0 Å². The summed E-state index contributed by atoms with van der Waals surface area (Å²) in [7, 11) is 0. The van der Waals surface area contributed by atoms with Crippen LogP contribution in [0.1, 0.15) is 20.8 Å². The van der Waals surface area contributed by atoms with Crippen LogP contribution in [0.4, 0.5) is 52.7 Å². The third-order valence-corrected chi connectivity index (χ3v) is 11.1. The number of rotatable bonds is 2. The topological polar surface area (TPSA) is 18.5 Å². The molecular formula is C11H12ClF12O2P. The van der Waals surface area contributed by atoms with Crippen molar-refractivity contribution in [3.8, 4) is 0 Å². The molecule has 1 heterocycles. The van der Waals surface area contributed by atoms with Crippen LogP contribution in [-0.2, 0) is 9.05 Å². The van der Waals surface area contributed by atoms with E-state index in [-0.39, 0.29) is 0 Å². The van der Waals surface area contributed by atoms with Crippen molar-refractivity contribution in [1.29, 1.82) is 0 Å². The van der Waals surface area contributed by atoms with Gasteiger partial charge >= 0.3 is 148 Å². The summed E-state index contributed by atoms with van der Waals surface area (Å²) in [6.07, 6.45) is -38.4. The van der Waals surface area contributed by atoms with Crippen molar-refractivity contribution in [2.45, 2.75) is 62.3 Å². The first kappa shape index (κ1) is 24.8. The molecule has 2 nitrogen and oxygen atoms in total. The molecule has 1 fully saturated rings. The van der Waals surface area contributed by atoms with E-state index >= 15 is 0 Å². The van der Waals surface area contributed by atoms with Crippen LogP contribution in [0.25, 0.3) is 0 Å². The van der Waals surface area contributed by atoms with Crippen molar-refractivity contribution < 1.29 is 61.7 Å². The SMILES string of the molecule is CC(C)(C)P1(Cl)(OC(C(F)(F)F)C(F)(F)F)CC(C(F)(F)F)(C(F)(F)F)O1. The number of alkyl halides is 12. The standard InChI is InChI=1S/C11H12ClF12O2P/c1-6(2,3)27(12,25-5(8(13,14)15)9(16,17)18)4-7(26-27,10(19,20)21)11(22,23)24/h5H,4H2,1-3H3. The Morgan fingerprint density at radius 2 is 1.11 bits per heavy atom. The van der Waals surface area contributed by atoms with Gasteiger partial charge in [-0.2, -0.15) is 0 Å². The molecule has 0 saturated carbocycles. The van der Waals surface area contributed by atoms with Crippen LogP contribution in [-0.4, -0.2) is 47.7 Å². The van der Waals surface area contributed by atoms with Crippen LogP contribution in [0.5, 0.6) is 0 Å². The van der Waals surface area contributed by atoms with Gasteiger partial charge in [0.05, 0.1) is 0 Å². The molecule has 0 unspecified atom stereocenters. The molecule has 1 aliphatic rings. The summed E-state index contributed by atoms with van der Waals surface area (Å²) < 4.78 is 162. The van der Waals surface area contributed by atoms with E-state index < -0.39 is 54.1 Å². The maximum absolute atomic E-state index is 13.0. The minimum atomic E-state index is -6.29. The molecule has 16 heteroatoms. The second kappa shape index (κ2) is 5.91. The molecule has 27 heavy (non-hydrogen) atoms. The number of halogens is 13. The summed E-state index contributed by atoms with van der Waals surface area (Å²) in [4.78, 5) is 0. The summed E-state index contributed by atoms with van der Waals surface area (Å²) in [5, 5.41) is -2.26. The van der Waals surface area contributed by atoms with Crippen molar-refractivity contribution >= 4 is 17.7 Å². The summed E-state index contributed by atoms with van der Waals surface area (Å²) in [6.45, 7) is 2.16. The van der Waals surface area contributed by atoms with Crippen LogP contribution in [0, 0.1) is 0 Å². The molecule has 1 aliphatic heterocycles. The van der Waals surface area contributed by atoms with Gasteiger partial charge in [-0.25, -0.2) is 0 Å². The van der Waals surface area contributed by atoms with Crippen molar-refractivity contribution in [3.05, 3.63) is 0 Å². The predicted octanol–water partition coefficient (Wildman–Crippen LogP) is 6.73. The first-order chi connectivity index (χ1) is 11.3. The summed E-state index contributed by atoms with van der Waals surface area (Å²) in [5.74, 6) is 0. The fraction of sp³-hybridized carbons (Fsp3) is 1.00. The Hall–Kier alpha value is -0.200. The van der Waals surface area contributed by atoms with E-state index in [9.17, 15) is 52.7 Å². The normalized spacial score (nSPS) is 24.9. The van der Waals surface area contributed by atoms with E-state index in [2.05, 4.69) is 9.05 Å². The van der Waals surface area contributed by atoms with Crippen molar-refractivity contribution in [1.82, 2.24) is 0 Å². The second-order valence-corrected chi connectivity index (χ2v) is 13.0. The first-order valence-electron chi connectivity index (χ1n) is 6.71. The molecule has 0 amide bonds. The zero-order chi connectivity index (χ0) is 22.1. The third-order valence-electron chi connectivity index (χ3n) is 3.93. The summed E-state index contributed by atoms with van der Waals surface area (Å²) in [6, 6.07) is 0. The first-order valence-corrected chi connectivity index (χ1v) is 9.87. The Morgan fingerprint density at radius 3 is 1.30 bits per heavy atom. The molecule has 1 rings (SSSR count). The summed E-state index contributed by atoms with van der Waals surface area (Å²) >= 11 is 5.63. The fourth-order valence-corrected chi connectivity index (χ4v) is 7.10. The average Bonchev–Trinajstić information content (AvgIpc) is 2.25. The molecule has 0 bridgehead atoms. The van der Waals surface area contributed by atoms with Crippen LogP contribution in [0.2, 0.25) is 0 Å². The Morgan fingerprint density at radius 1 is 0.815 bits per heavy atom. The molecule has 0 radical (unpaired) electrons. The second-order valence-electron chi connectivity index (χ2n) is 6.83. The van der Waals surface area contributed by atoms with Crippen LogP contribution < -0.4 is 0 Å². The monoisotopic (exact) mass is 470 g/mol. The number of hydrogen-bond acceptors (Lipinski definition) is 2. The van der Waals surface area contributed by atoms with Gasteiger partial charge < -0.3 is 0 Å². The van der Waals surface area contributed by atoms with Gasteiger partial charge in [0.15, 0.2) is 0 Å². The van der Waals surface area contributed by atoms with Crippen molar-refractivity contribution in [2.75, 3.05) is 6.16 Å². The van der Waals surface area contributed by atoms with Gasteiger partial charge in [0.25, 0.3) is 0 Å². The van der Waals surface area contributed by atoms with E-state index in [1.54, 1.807) is 0 Å². The Balaban J connectivity index is 3.57. The average molecular weight is 471 g/mol. The van der Waals surface area contributed by atoms with Crippen LogP contribution >= 0.6 is 17.7 Å². The van der Waals surface area contributed by atoms with E-state index in [1.165, 1.54) is 0 Å².